The van der Waals surface area contributed by atoms with Gasteiger partial charge in [-0.1, -0.05) is 91.0 Å². The molecular formula is C28H30ClN3O2S. The number of sulfonamides is 1. The summed E-state index contributed by atoms with van der Waals surface area (Å²) in [5.41, 5.74) is 3.55. The van der Waals surface area contributed by atoms with Gasteiger partial charge in [0.25, 0.3) is 10.0 Å². The Morgan fingerprint density at radius 1 is 0.857 bits per heavy atom. The van der Waals surface area contributed by atoms with E-state index in [0.29, 0.717) is 11.6 Å². The molecule has 1 saturated carbocycles. The summed E-state index contributed by atoms with van der Waals surface area (Å²) in [6, 6.07) is 24.6. The number of hydrogen-bond donors (Lipinski definition) is 0. The van der Waals surface area contributed by atoms with Crippen LogP contribution in [0.15, 0.2) is 88.9 Å². The third-order valence-corrected chi connectivity index (χ3v) is 8.85. The summed E-state index contributed by atoms with van der Waals surface area (Å²) >= 11 is 6.14. The van der Waals surface area contributed by atoms with Crippen LogP contribution in [0, 0.1) is 6.92 Å². The Hall–Kier alpha value is -2.67. The van der Waals surface area contributed by atoms with Crippen LogP contribution in [0.3, 0.4) is 0 Å². The van der Waals surface area contributed by atoms with Crippen LogP contribution < -0.4 is 0 Å². The lowest BCUT2D eigenvalue weighted by molar-refractivity contribution is 0.0443. The lowest BCUT2D eigenvalue weighted by Gasteiger charge is -2.46. The molecule has 0 aromatic heterocycles. The molecule has 1 heterocycles. The molecule has 5 rings (SSSR count). The number of hydrazone groups is 1. The van der Waals surface area contributed by atoms with Gasteiger partial charge in [-0.15, -0.1) is 0 Å². The van der Waals surface area contributed by atoms with E-state index >= 15 is 0 Å². The Morgan fingerprint density at radius 2 is 1.51 bits per heavy atom. The maximum atomic E-state index is 14.1. The second-order valence-corrected chi connectivity index (χ2v) is 11.6. The summed E-state index contributed by atoms with van der Waals surface area (Å²) in [6.07, 6.45) is 5.12. The first-order valence-corrected chi connectivity index (χ1v) is 14.0. The van der Waals surface area contributed by atoms with Gasteiger partial charge >= 0.3 is 0 Å². The molecule has 1 fully saturated rings. The van der Waals surface area contributed by atoms with Crippen molar-refractivity contribution in [1.82, 2.24) is 9.31 Å². The maximum Gasteiger partial charge on any atom is 0.280 e. The van der Waals surface area contributed by atoms with Gasteiger partial charge in [-0.05, 0) is 55.2 Å². The molecule has 0 spiro atoms. The van der Waals surface area contributed by atoms with Crippen LogP contribution in [0.1, 0.15) is 55.0 Å². The first-order valence-electron chi connectivity index (χ1n) is 12.2. The van der Waals surface area contributed by atoms with Gasteiger partial charge in [-0.3, -0.25) is 4.90 Å². The molecule has 0 amide bonds. The van der Waals surface area contributed by atoms with E-state index in [2.05, 4.69) is 4.90 Å². The standard InChI is InChI=1S/C28H30ClN3O2S/c1-21-12-18-26(19-13-21)35(33,34)32-28(23-8-4-2-5-9-23)31(25-10-6-3-7-11-25)20-27(30-32)22-14-16-24(29)17-15-22/h2,4-5,8-9,12-19,25,28H,3,6-7,10-11,20H2,1H3. The van der Waals surface area contributed by atoms with E-state index in [9.17, 15) is 8.42 Å². The van der Waals surface area contributed by atoms with Gasteiger partial charge in [0.15, 0.2) is 0 Å². The Kier molecular flexibility index (Phi) is 6.96. The zero-order valence-corrected chi connectivity index (χ0v) is 21.4. The van der Waals surface area contributed by atoms with Gasteiger partial charge in [0.2, 0.25) is 0 Å². The quantitative estimate of drug-likeness (QED) is 0.402. The number of rotatable bonds is 5. The monoisotopic (exact) mass is 507 g/mol. The zero-order chi connectivity index (χ0) is 24.4. The summed E-state index contributed by atoms with van der Waals surface area (Å²) in [4.78, 5) is 2.59. The van der Waals surface area contributed by atoms with Crippen molar-refractivity contribution >= 4 is 27.3 Å². The summed E-state index contributed by atoms with van der Waals surface area (Å²) < 4.78 is 29.6. The van der Waals surface area contributed by atoms with Crippen LogP contribution in [-0.2, 0) is 10.0 Å². The Balaban J connectivity index is 1.68. The van der Waals surface area contributed by atoms with Crippen molar-refractivity contribution in [1.29, 1.82) is 0 Å². The van der Waals surface area contributed by atoms with Crippen molar-refractivity contribution in [3.05, 3.63) is 101 Å². The minimum atomic E-state index is -3.92. The molecule has 2 aliphatic rings. The van der Waals surface area contributed by atoms with Crippen LogP contribution in [0.25, 0.3) is 0 Å². The van der Waals surface area contributed by atoms with Crippen molar-refractivity contribution in [2.75, 3.05) is 6.54 Å². The van der Waals surface area contributed by atoms with Crippen molar-refractivity contribution < 1.29 is 8.42 Å². The first-order chi connectivity index (χ1) is 16.9. The lowest BCUT2D eigenvalue weighted by Crippen LogP contribution is -2.53. The van der Waals surface area contributed by atoms with Gasteiger partial charge in [0.1, 0.15) is 6.17 Å². The van der Waals surface area contributed by atoms with E-state index in [-0.39, 0.29) is 10.9 Å². The summed E-state index contributed by atoms with van der Waals surface area (Å²) in [5, 5.41) is 5.47. The molecule has 5 nitrogen and oxygen atoms in total. The van der Waals surface area contributed by atoms with E-state index < -0.39 is 16.2 Å². The maximum absolute atomic E-state index is 14.1. The molecule has 7 heteroatoms. The van der Waals surface area contributed by atoms with Gasteiger partial charge in [-0.2, -0.15) is 17.9 Å². The fourth-order valence-electron chi connectivity index (χ4n) is 5.07. The highest BCUT2D eigenvalue weighted by atomic mass is 35.5. The number of aryl methyl sites for hydroxylation is 1. The van der Waals surface area contributed by atoms with Crippen molar-refractivity contribution in [2.45, 2.75) is 56.1 Å². The summed E-state index contributed by atoms with van der Waals surface area (Å²) in [7, 11) is -3.92. The fraction of sp³-hybridized carbons (Fsp3) is 0.321. The van der Waals surface area contributed by atoms with Gasteiger partial charge in [0.05, 0.1) is 10.6 Å². The second kappa shape index (κ2) is 10.1. The molecule has 3 aromatic carbocycles. The molecular weight excluding hydrogens is 478 g/mol. The third kappa shape index (κ3) is 5.01. The van der Waals surface area contributed by atoms with E-state index in [1.165, 1.54) is 10.8 Å². The Labute approximate surface area is 213 Å². The van der Waals surface area contributed by atoms with E-state index in [0.717, 1.165) is 48.1 Å². The second-order valence-electron chi connectivity index (χ2n) is 9.39. The van der Waals surface area contributed by atoms with Crippen molar-refractivity contribution in [3.63, 3.8) is 0 Å². The number of nitrogens with zero attached hydrogens (tertiary/aromatic N) is 3. The molecule has 0 saturated heterocycles. The molecule has 0 N–H and O–H groups in total. The number of halogens is 1. The summed E-state index contributed by atoms with van der Waals surface area (Å²) in [6.45, 7) is 2.53. The molecule has 1 aliphatic heterocycles. The highest BCUT2D eigenvalue weighted by Crippen LogP contribution is 2.39. The molecule has 1 aliphatic carbocycles. The van der Waals surface area contributed by atoms with Crippen LogP contribution in [0.4, 0.5) is 0 Å². The molecule has 3 aromatic rings. The molecule has 1 unspecified atom stereocenters. The van der Waals surface area contributed by atoms with E-state index in [1.807, 2.05) is 73.7 Å². The van der Waals surface area contributed by atoms with Gasteiger partial charge < -0.3 is 0 Å². The van der Waals surface area contributed by atoms with Crippen molar-refractivity contribution in [2.24, 2.45) is 5.10 Å². The van der Waals surface area contributed by atoms with Crippen LogP contribution in [-0.4, -0.2) is 36.0 Å². The summed E-state index contributed by atoms with van der Waals surface area (Å²) in [5.74, 6) is 0. The highest BCUT2D eigenvalue weighted by Gasteiger charge is 2.42. The molecule has 35 heavy (non-hydrogen) atoms. The smallest absolute Gasteiger partial charge is 0.268 e. The fourth-order valence-corrected chi connectivity index (χ4v) is 6.61. The lowest BCUT2D eigenvalue weighted by atomic mass is 9.92. The van der Waals surface area contributed by atoms with Crippen LogP contribution in [0.5, 0.6) is 0 Å². The highest BCUT2D eigenvalue weighted by molar-refractivity contribution is 7.89. The normalized spacial score (nSPS) is 20.0. The first kappa shape index (κ1) is 24.0. The SMILES string of the molecule is Cc1ccc(S(=O)(=O)N2N=C(c3ccc(Cl)cc3)CN(C3CCCCC3)C2c2ccccc2)cc1. The van der Waals surface area contributed by atoms with Crippen molar-refractivity contribution in [3.8, 4) is 0 Å². The minimum absolute atomic E-state index is 0.244. The molecule has 1 atom stereocenters. The Bertz CT molecular complexity index is 1290. The van der Waals surface area contributed by atoms with Crippen LogP contribution >= 0.6 is 11.6 Å². The average Bonchev–Trinajstić information content (AvgIpc) is 2.89. The van der Waals surface area contributed by atoms with E-state index in [4.69, 9.17) is 16.7 Å². The predicted octanol–water partition coefficient (Wildman–Crippen LogP) is 6.39. The van der Waals surface area contributed by atoms with E-state index in [1.54, 1.807) is 12.1 Å². The number of benzene rings is 3. The third-order valence-electron chi connectivity index (χ3n) is 6.96. The predicted molar refractivity (Wildman–Crippen MR) is 141 cm³/mol. The largest absolute Gasteiger partial charge is 0.280 e. The average molecular weight is 508 g/mol. The van der Waals surface area contributed by atoms with Crippen LogP contribution in [0.2, 0.25) is 5.02 Å². The number of hydrogen-bond acceptors (Lipinski definition) is 4. The Morgan fingerprint density at radius 3 is 2.17 bits per heavy atom. The topological polar surface area (TPSA) is 53.0 Å². The zero-order valence-electron chi connectivity index (χ0n) is 19.8. The van der Waals surface area contributed by atoms with Gasteiger partial charge in [-0.25, -0.2) is 0 Å². The molecule has 0 radical (unpaired) electrons. The van der Waals surface area contributed by atoms with Gasteiger partial charge in [0, 0.05) is 17.6 Å². The molecule has 0 bridgehead atoms. The minimum Gasteiger partial charge on any atom is -0.268 e. The molecule has 182 valence electrons.